The number of fused-ring (bicyclic) bond motifs is 1. The number of amidine groups is 1. The van der Waals surface area contributed by atoms with Gasteiger partial charge in [-0.1, -0.05) is 12.1 Å². The van der Waals surface area contributed by atoms with Gasteiger partial charge in [0.15, 0.2) is 0 Å². The number of anilines is 1. The van der Waals surface area contributed by atoms with E-state index in [2.05, 4.69) is 15.3 Å². The summed E-state index contributed by atoms with van der Waals surface area (Å²) in [5, 5.41) is 2.77. The number of hydrogen-bond donors (Lipinski definition) is 2. The van der Waals surface area contributed by atoms with Gasteiger partial charge in [0.2, 0.25) is 11.6 Å². The lowest BCUT2D eigenvalue weighted by molar-refractivity contribution is -0.750. The standard InChI is InChI=1S/C27H27N7O4/c1-37-15-4-6-24(35)33-13-16-38-18-21(33)25-22-17-29-12-14-34(22,28)26(32-25)19-7-9-20(10-8-19)27(36)31-23-5-2-3-11-30-23/h2-12,14,17,21H,13,15-16,18,28H2,1H3/p+1/b6-4+. The number of rotatable bonds is 7. The molecule has 11 nitrogen and oxygen atoms in total. The lowest BCUT2D eigenvalue weighted by atomic mass is 10.1. The van der Waals surface area contributed by atoms with Gasteiger partial charge in [0.05, 0.1) is 37.8 Å². The molecule has 1 fully saturated rings. The van der Waals surface area contributed by atoms with Crippen LogP contribution in [0.25, 0.3) is 0 Å². The van der Waals surface area contributed by atoms with Gasteiger partial charge in [0, 0.05) is 31.5 Å². The maximum atomic E-state index is 13.0. The number of nitrogens with one attached hydrogen (secondary N) is 1. The van der Waals surface area contributed by atoms with E-state index in [1.165, 1.54) is 6.08 Å². The molecule has 5 rings (SSSR count). The Bertz CT molecular complexity index is 1370. The monoisotopic (exact) mass is 514 g/mol. The smallest absolute Gasteiger partial charge is 0.264 e. The third-order valence-corrected chi connectivity index (χ3v) is 6.38. The van der Waals surface area contributed by atoms with Crippen LogP contribution in [0.5, 0.6) is 0 Å². The second-order valence-electron chi connectivity index (χ2n) is 8.79. The molecular formula is C27H28N7O4+. The molecule has 2 aromatic rings. The second kappa shape index (κ2) is 11.0. The Morgan fingerprint density at radius 1 is 1.26 bits per heavy atom. The minimum Gasteiger partial charge on any atom is -0.381 e. The zero-order chi connectivity index (χ0) is 26.5. The third-order valence-electron chi connectivity index (χ3n) is 6.38. The molecular weight excluding hydrogens is 486 g/mol. The maximum Gasteiger partial charge on any atom is 0.264 e. The van der Waals surface area contributed by atoms with Crippen molar-refractivity contribution in [1.29, 1.82) is 0 Å². The van der Waals surface area contributed by atoms with Crippen LogP contribution in [0, 0.1) is 0 Å². The molecule has 2 amide bonds. The molecule has 38 heavy (non-hydrogen) atoms. The molecule has 0 saturated carbocycles. The van der Waals surface area contributed by atoms with Gasteiger partial charge in [-0.05, 0) is 36.4 Å². The van der Waals surface area contributed by atoms with Crippen molar-refractivity contribution in [3.05, 3.63) is 95.7 Å². The van der Waals surface area contributed by atoms with Crippen molar-refractivity contribution in [3.8, 4) is 0 Å². The van der Waals surface area contributed by atoms with E-state index in [4.69, 9.17) is 20.3 Å². The number of benzene rings is 1. The number of allylic oxidation sites excluding steroid dienone is 1. The summed E-state index contributed by atoms with van der Waals surface area (Å²) in [6.07, 6.45) is 9.80. The summed E-state index contributed by atoms with van der Waals surface area (Å²) >= 11 is 0. The minimum atomic E-state index is -0.446. The van der Waals surface area contributed by atoms with Gasteiger partial charge in [-0.25, -0.2) is 4.98 Å². The molecule has 2 atom stereocenters. The third kappa shape index (κ3) is 4.95. The largest absolute Gasteiger partial charge is 0.381 e. The highest BCUT2D eigenvalue weighted by Gasteiger charge is 2.47. The molecule has 1 aromatic heterocycles. The fourth-order valence-electron chi connectivity index (χ4n) is 4.48. The summed E-state index contributed by atoms with van der Waals surface area (Å²) in [6, 6.07) is 11.9. The van der Waals surface area contributed by atoms with E-state index in [1.807, 2.05) is 0 Å². The van der Waals surface area contributed by atoms with E-state index in [-0.39, 0.29) is 23.0 Å². The van der Waals surface area contributed by atoms with Crippen molar-refractivity contribution in [2.75, 3.05) is 38.8 Å². The fourth-order valence-corrected chi connectivity index (χ4v) is 4.48. The fraction of sp³-hybridized carbons (Fsp3) is 0.222. The molecule has 1 saturated heterocycles. The van der Waals surface area contributed by atoms with Crippen molar-refractivity contribution in [1.82, 2.24) is 9.88 Å². The quantitative estimate of drug-likeness (QED) is 0.330. The number of pyridine rings is 1. The zero-order valence-corrected chi connectivity index (χ0v) is 20.9. The Hall–Kier alpha value is -4.29. The molecule has 0 bridgehead atoms. The van der Waals surface area contributed by atoms with Gasteiger partial charge in [0.1, 0.15) is 23.8 Å². The maximum absolute atomic E-state index is 13.0. The predicted molar refractivity (Wildman–Crippen MR) is 142 cm³/mol. The Balaban J connectivity index is 1.44. The number of nitrogens with zero attached hydrogens (tertiary/aromatic N) is 5. The Kier molecular flexibility index (Phi) is 7.33. The van der Waals surface area contributed by atoms with E-state index in [0.29, 0.717) is 48.4 Å². The topological polar surface area (TPSA) is 132 Å². The summed E-state index contributed by atoms with van der Waals surface area (Å²) in [6.45, 7) is 1.47. The molecule has 3 aliphatic heterocycles. The van der Waals surface area contributed by atoms with Gasteiger partial charge in [0.25, 0.3) is 11.7 Å². The zero-order valence-electron chi connectivity index (χ0n) is 20.9. The first kappa shape index (κ1) is 25.4. The van der Waals surface area contributed by atoms with E-state index < -0.39 is 6.04 Å². The van der Waals surface area contributed by atoms with Crippen LogP contribution in [0.15, 0.2) is 94.6 Å². The average Bonchev–Trinajstić information content (AvgIpc) is 3.26. The normalized spacial score (nSPS) is 22.5. The van der Waals surface area contributed by atoms with Crippen molar-refractivity contribution < 1.29 is 23.7 Å². The molecule has 0 aliphatic carbocycles. The Morgan fingerprint density at radius 3 is 2.87 bits per heavy atom. The average molecular weight is 515 g/mol. The summed E-state index contributed by atoms with van der Waals surface area (Å²) in [7, 11) is 1.57. The number of methoxy groups -OCH3 is 1. The first-order chi connectivity index (χ1) is 18.5. The summed E-state index contributed by atoms with van der Waals surface area (Å²) < 4.78 is 10.5. The Morgan fingerprint density at radius 2 is 2.11 bits per heavy atom. The number of hydrogen-bond acceptors (Lipinski definition) is 8. The van der Waals surface area contributed by atoms with Gasteiger partial charge < -0.3 is 19.7 Å². The number of morpholine rings is 1. The molecule has 3 aliphatic rings. The molecule has 194 valence electrons. The van der Waals surface area contributed by atoms with Crippen LogP contribution in [-0.2, 0) is 14.3 Å². The van der Waals surface area contributed by atoms with Gasteiger partial charge in [-0.3, -0.25) is 14.6 Å². The number of carbonyl (C=O) groups excluding carboxylic acids is 2. The molecule has 11 heteroatoms. The molecule has 2 unspecified atom stereocenters. The summed E-state index contributed by atoms with van der Waals surface area (Å²) in [5.41, 5.74) is 2.45. The number of ether oxygens (including phenoxy) is 2. The van der Waals surface area contributed by atoms with E-state index in [9.17, 15) is 9.59 Å². The van der Waals surface area contributed by atoms with Crippen molar-refractivity contribution in [2.24, 2.45) is 15.8 Å². The first-order valence-corrected chi connectivity index (χ1v) is 12.1. The van der Waals surface area contributed by atoms with Crippen LogP contribution in [0.4, 0.5) is 5.82 Å². The van der Waals surface area contributed by atoms with Gasteiger partial charge in [-0.2, -0.15) is 10.8 Å². The molecule has 4 heterocycles. The van der Waals surface area contributed by atoms with Gasteiger partial charge >= 0.3 is 0 Å². The SMILES string of the molecule is COC/C=C/C(=O)N1CCOCC1C1=C2C=NC=C[N+]2(N)C(c2ccc(C(=O)Nc3ccccn3)cc2)=N1. The number of aromatic nitrogens is 1. The second-order valence-corrected chi connectivity index (χ2v) is 8.79. The number of quaternary nitrogens is 1. The van der Waals surface area contributed by atoms with Crippen molar-refractivity contribution in [3.63, 3.8) is 0 Å². The number of amides is 2. The molecule has 3 N–H and O–H groups in total. The molecule has 1 aromatic carbocycles. The number of nitrogens with two attached hydrogens (primary N) is 1. The first-order valence-electron chi connectivity index (χ1n) is 12.1. The number of carbonyl (C=O) groups is 2. The van der Waals surface area contributed by atoms with Crippen LogP contribution >= 0.6 is 0 Å². The Labute approximate surface area is 219 Å². The van der Waals surface area contributed by atoms with Crippen LogP contribution in [-0.4, -0.2) is 77.9 Å². The van der Waals surface area contributed by atoms with Crippen LogP contribution in [0.3, 0.4) is 0 Å². The lowest BCUT2D eigenvalue weighted by Gasteiger charge is -2.34. The highest BCUT2D eigenvalue weighted by atomic mass is 16.5. The van der Waals surface area contributed by atoms with Crippen molar-refractivity contribution in [2.45, 2.75) is 6.04 Å². The van der Waals surface area contributed by atoms with E-state index in [0.717, 1.165) is 5.56 Å². The van der Waals surface area contributed by atoms with Crippen LogP contribution in [0.1, 0.15) is 15.9 Å². The predicted octanol–water partition coefficient (Wildman–Crippen LogP) is 1.98. The highest BCUT2D eigenvalue weighted by Crippen LogP contribution is 2.34. The molecule has 0 spiro atoms. The van der Waals surface area contributed by atoms with E-state index >= 15 is 0 Å². The van der Waals surface area contributed by atoms with Crippen molar-refractivity contribution >= 4 is 29.7 Å². The van der Waals surface area contributed by atoms with Crippen LogP contribution < -0.4 is 11.2 Å². The lowest BCUT2D eigenvalue weighted by Crippen LogP contribution is -2.54. The molecule has 0 radical (unpaired) electrons. The summed E-state index contributed by atoms with van der Waals surface area (Å²) in [5.74, 6) is 7.44. The van der Waals surface area contributed by atoms with Gasteiger partial charge in [-0.15, -0.1) is 4.59 Å². The highest BCUT2D eigenvalue weighted by molar-refractivity contribution is 6.05. The van der Waals surface area contributed by atoms with E-state index in [1.54, 1.807) is 85.4 Å². The minimum absolute atomic E-state index is 0.159. The number of aliphatic imine (C=N–C) groups is 2. The summed E-state index contributed by atoms with van der Waals surface area (Å²) in [4.78, 5) is 40.7. The van der Waals surface area contributed by atoms with Crippen LogP contribution in [0.2, 0.25) is 0 Å².